The Bertz CT molecular complexity index is 973. The van der Waals surface area contributed by atoms with E-state index >= 15 is 0 Å². The van der Waals surface area contributed by atoms with E-state index in [1.807, 2.05) is 18.2 Å². The molecule has 2 aromatic rings. The number of benzene rings is 2. The second kappa shape index (κ2) is 10.2. The van der Waals surface area contributed by atoms with Crippen molar-refractivity contribution in [2.75, 3.05) is 37.4 Å². The topological polar surface area (TPSA) is 84.9 Å². The highest BCUT2D eigenvalue weighted by Gasteiger charge is 2.21. The Kier molecular flexibility index (Phi) is 7.63. The summed E-state index contributed by atoms with van der Waals surface area (Å²) in [4.78, 5) is 13.4. The van der Waals surface area contributed by atoms with Gasteiger partial charge in [0, 0.05) is 30.1 Å². The van der Waals surface area contributed by atoms with Gasteiger partial charge < -0.3 is 14.8 Å². The van der Waals surface area contributed by atoms with Gasteiger partial charge in [-0.05, 0) is 42.5 Å². The summed E-state index contributed by atoms with van der Waals surface area (Å²) >= 11 is 1.39. The van der Waals surface area contributed by atoms with Crippen LogP contribution >= 0.6 is 11.8 Å². The van der Waals surface area contributed by atoms with Gasteiger partial charge in [0.2, 0.25) is 15.9 Å². The van der Waals surface area contributed by atoms with Crippen molar-refractivity contribution in [2.45, 2.75) is 30.1 Å². The first-order valence-corrected chi connectivity index (χ1v) is 12.3. The summed E-state index contributed by atoms with van der Waals surface area (Å²) < 4.78 is 37.7. The largest absolute Gasteiger partial charge is 0.490 e. The summed E-state index contributed by atoms with van der Waals surface area (Å²) in [6, 6.07) is 11.9. The number of nitrogens with one attached hydrogen (secondary N) is 1. The molecule has 2 aromatic carbocycles. The number of carbonyl (C=O) groups is 1. The Hall–Kier alpha value is -2.23. The zero-order valence-corrected chi connectivity index (χ0v) is 18.7. The van der Waals surface area contributed by atoms with Crippen molar-refractivity contribution in [3.8, 4) is 11.5 Å². The number of amides is 1. The Morgan fingerprint density at radius 3 is 2.37 bits per heavy atom. The number of anilines is 1. The normalized spacial score (nSPS) is 13.7. The van der Waals surface area contributed by atoms with Crippen LogP contribution in [-0.4, -0.2) is 50.7 Å². The lowest BCUT2D eigenvalue weighted by Gasteiger charge is -2.18. The number of ether oxygens (including phenoxy) is 2. The van der Waals surface area contributed by atoms with E-state index in [1.54, 1.807) is 26.0 Å². The van der Waals surface area contributed by atoms with Crippen LogP contribution in [0.4, 0.5) is 5.69 Å². The number of sulfonamides is 1. The Labute approximate surface area is 181 Å². The molecular weight excluding hydrogens is 424 g/mol. The van der Waals surface area contributed by atoms with Gasteiger partial charge in [-0.1, -0.05) is 13.8 Å². The second-order valence-electron chi connectivity index (χ2n) is 6.61. The third-order valence-electron chi connectivity index (χ3n) is 4.57. The first-order chi connectivity index (χ1) is 14.4. The first-order valence-electron chi connectivity index (χ1n) is 9.86. The highest BCUT2D eigenvalue weighted by atomic mass is 32.2. The molecule has 0 bridgehead atoms. The average molecular weight is 451 g/mol. The molecule has 0 atom stereocenters. The highest BCUT2D eigenvalue weighted by molar-refractivity contribution is 8.00. The molecule has 0 radical (unpaired) electrons. The molecule has 0 unspecified atom stereocenters. The molecule has 0 saturated carbocycles. The number of rotatable bonds is 8. The van der Waals surface area contributed by atoms with Gasteiger partial charge in [-0.15, -0.1) is 11.8 Å². The molecule has 1 aliphatic rings. The van der Waals surface area contributed by atoms with E-state index in [0.717, 1.165) is 17.1 Å². The lowest BCUT2D eigenvalue weighted by atomic mass is 10.3. The summed E-state index contributed by atoms with van der Waals surface area (Å²) in [6.07, 6.45) is 0.842. The van der Waals surface area contributed by atoms with Gasteiger partial charge in [0.05, 0.1) is 23.9 Å². The molecule has 1 aliphatic heterocycles. The number of fused-ring (bicyclic) bond motifs is 1. The zero-order valence-electron chi connectivity index (χ0n) is 17.1. The van der Waals surface area contributed by atoms with Crippen molar-refractivity contribution < 1.29 is 22.7 Å². The van der Waals surface area contributed by atoms with Crippen LogP contribution in [0.1, 0.15) is 20.3 Å². The fourth-order valence-corrected chi connectivity index (χ4v) is 5.18. The maximum absolute atomic E-state index is 12.5. The summed E-state index contributed by atoms with van der Waals surface area (Å²) in [7, 11) is -3.51. The number of hydrogen-bond donors (Lipinski definition) is 1. The van der Waals surface area contributed by atoms with E-state index in [-0.39, 0.29) is 16.6 Å². The molecule has 0 saturated heterocycles. The minimum Gasteiger partial charge on any atom is -0.490 e. The molecule has 1 heterocycles. The molecule has 0 fully saturated rings. The summed E-state index contributed by atoms with van der Waals surface area (Å²) in [5.74, 6) is 1.47. The Morgan fingerprint density at radius 2 is 1.70 bits per heavy atom. The molecule has 7 nitrogen and oxygen atoms in total. The van der Waals surface area contributed by atoms with Gasteiger partial charge in [0.15, 0.2) is 11.5 Å². The van der Waals surface area contributed by atoms with Crippen molar-refractivity contribution >= 4 is 33.4 Å². The van der Waals surface area contributed by atoms with Crippen molar-refractivity contribution in [2.24, 2.45) is 0 Å². The van der Waals surface area contributed by atoms with Crippen LogP contribution in [0.25, 0.3) is 0 Å². The number of nitrogens with zero attached hydrogens (tertiary/aromatic N) is 1. The molecule has 30 heavy (non-hydrogen) atoms. The third kappa shape index (κ3) is 5.47. The molecule has 9 heteroatoms. The maximum atomic E-state index is 12.5. The van der Waals surface area contributed by atoms with Crippen LogP contribution in [-0.2, 0) is 14.8 Å². The molecule has 0 spiro atoms. The molecule has 1 N–H and O–H groups in total. The predicted octanol–water partition coefficient (Wildman–Crippen LogP) is 3.61. The number of hydrogen-bond acceptors (Lipinski definition) is 6. The van der Waals surface area contributed by atoms with E-state index in [2.05, 4.69) is 5.32 Å². The maximum Gasteiger partial charge on any atom is 0.243 e. The molecule has 0 aliphatic carbocycles. The van der Waals surface area contributed by atoms with Crippen molar-refractivity contribution in [1.82, 2.24) is 4.31 Å². The van der Waals surface area contributed by atoms with E-state index in [0.29, 0.717) is 37.7 Å². The number of thioether (sulfide) groups is 1. The van der Waals surface area contributed by atoms with Crippen LogP contribution in [0, 0.1) is 0 Å². The lowest BCUT2D eigenvalue weighted by Crippen LogP contribution is -2.30. The molecule has 0 aromatic heterocycles. The van der Waals surface area contributed by atoms with Crippen LogP contribution in [0.2, 0.25) is 0 Å². The van der Waals surface area contributed by atoms with Crippen LogP contribution in [0.15, 0.2) is 52.3 Å². The van der Waals surface area contributed by atoms with E-state index in [1.165, 1.54) is 28.2 Å². The van der Waals surface area contributed by atoms with Crippen LogP contribution < -0.4 is 14.8 Å². The molecule has 3 rings (SSSR count). The minimum absolute atomic E-state index is 0.175. The van der Waals surface area contributed by atoms with Gasteiger partial charge in [0.1, 0.15) is 0 Å². The smallest absolute Gasteiger partial charge is 0.243 e. The van der Waals surface area contributed by atoms with Crippen molar-refractivity contribution in [3.63, 3.8) is 0 Å². The first kappa shape index (κ1) is 22.5. The quantitative estimate of drug-likeness (QED) is 0.619. The van der Waals surface area contributed by atoms with E-state index < -0.39 is 10.0 Å². The Morgan fingerprint density at radius 1 is 1.03 bits per heavy atom. The lowest BCUT2D eigenvalue weighted by molar-refractivity contribution is -0.113. The molecule has 1 amide bonds. The molecular formula is C21H26N2O5S2. The standard InChI is InChI=1S/C21H26N2O5S2/c1-3-23(4-2)30(25,26)18-9-6-16(7-10-18)22-21(24)15-29-17-8-11-19-20(14-17)28-13-5-12-27-19/h6-11,14H,3-5,12-13,15H2,1-2H3,(H,22,24). The fraction of sp³-hybridized carbons (Fsp3) is 0.381. The SMILES string of the molecule is CCN(CC)S(=O)(=O)c1ccc(NC(=O)CSc2ccc3c(c2)OCCCO3)cc1. The highest BCUT2D eigenvalue weighted by Crippen LogP contribution is 2.33. The third-order valence-corrected chi connectivity index (χ3v) is 7.63. The summed E-state index contributed by atoms with van der Waals surface area (Å²) in [6.45, 7) is 5.68. The van der Waals surface area contributed by atoms with Gasteiger partial charge in [-0.25, -0.2) is 8.42 Å². The van der Waals surface area contributed by atoms with E-state index in [9.17, 15) is 13.2 Å². The average Bonchev–Trinajstić information content (AvgIpc) is 2.98. The van der Waals surface area contributed by atoms with Crippen molar-refractivity contribution in [3.05, 3.63) is 42.5 Å². The van der Waals surface area contributed by atoms with Crippen LogP contribution in [0.3, 0.4) is 0 Å². The molecule has 162 valence electrons. The van der Waals surface area contributed by atoms with Gasteiger partial charge >= 0.3 is 0 Å². The van der Waals surface area contributed by atoms with E-state index in [4.69, 9.17) is 9.47 Å². The summed E-state index contributed by atoms with van der Waals surface area (Å²) in [5.41, 5.74) is 0.553. The van der Waals surface area contributed by atoms with Gasteiger partial charge in [-0.3, -0.25) is 4.79 Å². The van der Waals surface area contributed by atoms with Crippen molar-refractivity contribution in [1.29, 1.82) is 0 Å². The van der Waals surface area contributed by atoms with Gasteiger partial charge in [-0.2, -0.15) is 4.31 Å². The predicted molar refractivity (Wildman–Crippen MR) is 118 cm³/mol. The van der Waals surface area contributed by atoms with Crippen LogP contribution in [0.5, 0.6) is 11.5 Å². The Balaban J connectivity index is 1.57. The minimum atomic E-state index is -3.51. The summed E-state index contributed by atoms with van der Waals surface area (Å²) in [5, 5.41) is 2.80. The second-order valence-corrected chi connectivity index (χ2v) is 9.60. The van der Waals surface area contributed by atoms with Gasteiger partial charge in [0.25, 0.3) is 0 Å². The number of carbonyl (C=O) groups excluding carboxylic acids is 1. The zero-order chi connectivity index (χ0) is 21.6. The monoisotopic (exact) mass is 450 g/mol. The fourth-order valence-electron chi connectivity index (χ4n) is 3.00.